The largest absolute Gasteiger partial charge is 0.477 e. The molecule has 1 unspecified atom stereocenters. The summed E-state index contributed by atoms with van der Waals surface area (Å²) in [4.78, 5) is 27.0. The van der Waals surface area contributed by atoms with Gasteiger partial charge in [0.05, 0.1) is 0 Å². The molecule has 0 aliphatic heterocycles. The molecule has 1 aromatic rings. The zero-order valence-electron chi connectivity index (χ0n) is 11.8. The van der Waals surface area contributed by atoms with Crippen LogP contribution in [0.25, 0.3) is 0 Å². The van der Waals surface area contributed by atoms with Crippen LogP contribution in [0, 0.1) is 5.41 Å². The lowest BCUT2D eigenvalue weighted by Gasteiger charge is -2.38. The fourth-order valence-electron chi connectivity index (χ4n) is 2.67. The minimum Gasteiger partial charge on any atom is -0.477 e. The first kappa shape index (κ1) is 14.5. The van der Waals surface area contributed by atoms with E-state index in [1.54, 1.807) is 0 Å². The highest BCUT2D eigenvalue weighted by molar-refractivity contribution is 5.94. The topological polar surface area (TPSA) is 79.3 Å². The number of rotatable bonds is 3. The first-order chi connectivity index (χ1) is 9.40. The highest BCUT2D eigenvalue weighted by Crippen LogP contribution is 2.35. The maximum absolute atomic E-state index is 12.2. The van der Waals surface area contributed by atoms with Crippen molar-refractivity contribution in [1.29, 1.82) is 0 Å². The summed E-state index contributed by atoms with van der Waals surface area (Å²) in [5, 5.41) is 11.9. The van der Waals surface area contributed by atoms with Gasteiger partial charge in [-0.3, -0.25) is 4.79 Å². The van der Waals surface area contributed by atoms with Gasteiger partial charge < -0.3 is 10.4 Å². The molecule has 5 heteroatoms. The lowest BCUT2D eigenvalue weighted by Crippen LogP contribution is -2.47. The Labute approximate surface area is 118 Å². The Morgan fingerprint density at radius 2 is 2.00 bits per heavy atom. The van der Waals surface area contributed by atoms with Crippen molar-refractivity contribution >= 4 is 11.9 Å². The maximum Gasteiger partial charge on any atom is 0.354 e. The lowest BCUT2D eigenvalue weighted by molar-refractivity contribution is 0.0690. The molecule has 1 aliphatic rings. The molecule has 1 amide bonds. The molecule has 2 N–H and O–H groups in total. The smallest absolute Gasteiger partial charge is 0.354 e. The lowest BCUT2D eigenvalue weighted by atomic mass is 9.73. The molecule has 20 heavy (non-hydrogen) atoms. The number of pyridine rings is 1. The Balaban J connectivity index is 2.12. The molecule has 0 spiro atoms. The molecule has 0 aromatic carbocycles. The summed E-state index contributed by atoms with van der Waals surface area (Å²) in [5.41, 5.74) is 0.116. The van der Waals surface area contributed by atoms with E-state index in [0.717, 1.165) is 19.3 Å². The molecule has 1 aromatic heterocycles. The molecule has 2 rings (SSSR count). The van der Waals surface area contributed by atoms with Gasteiger partial charge in [-0.2, -0.15) is 0 Å². The fourth-order valence-corrected chi connectivity index (χ4v) is 2.67. The summed E-state index contributed by atoms with van der Waals surface area (Å²) in [6, 6.07) is 4.57. The minimum absolute atomic E-state index is 0.0678. The van der Waals surface area contributed by atoms with E-state index in [2.05, 4.69) is 24.1 Å². The van der Waals surface area contributed by atoms with Crippen LogP contribution in [-0.2, 0) is 0 Å². The van der Waals surface area contributed by atoms with Crippen LogP contribution in [0.15, 0.2) is 18.2 Å². The van der Waals surface area contributed by atoms with Gasteiger partial charge >= 0.3 is 5.97 Å². The standard InChI is InChI=1S/C15H20N2O3/c1-15(2)9-4-3-8-12(15)17-13(18)10-6-5-7-11(16-10)14(19)20/h5-7,12H,3-4,8-9H2,1-2H3,(H,17,18)(H,19,20). The number of aromatic carboxylic acids is 1. The predicted octanol–water partition coefficient (Wildman–Crippen LogP) is 2.48. The molecule has 1 atom stereocenters. The van der Waals surface area contributed by atoms with Crippen molar-refractivity contribution in [2.75, 3.05) is 0 Å². The number of amides is 1. The van der Waals surface area contributed by atoms with E-state index in [0.29, 0.717) is 0 Å². The maximum atomic E-state index is 12.2. The zero-order valence-corrected chi connectivity index (χ0v) is 11.8. The number of carboxylic acid groups (broad SMARTS) is 1. The van der Waals surface area contributed by atoms with Crippen LogP contribution in [-0.4, -0.2) is 28.0 Å². The van der Waals surface area contributed by atoms with E-state index in [4.69, 9.17) is 5.11 Å². The molecule has 1 fully saturated rings. The van der Waals surface area contributed by atoms with Gasteiger partial charge in [0.15, 0.2) is 0 Å². The Bertz CT molecular complexity index is 526. The summed E-state index contributed by atoms with van der Waals surface area (Å²) in [7, 11) is 0. The average Bonchev–Trinajstić information content (AvgIpc) is 2.41. The van der Waals surface area contributed by atoms with Crippen LogP contribution in [0.5, 0.6) is 0 Å². The number of aromatic nitrogens is 1. The molecular formula is C15H20N2O3. The SMILES string of the molecule is CC1(C)CCCCC1NC(=O)c1cccc(C(=O)O)n1. The van der Waals surface area contributed by atoms with Crippen molar-refractivity contribution in [3.05, 3.63) is 29.6 Å². The second-order valence-electron chi connectivity index (χ2n) is 5.97. The summed E-state index contributed by atoms with van der Waals surface area (Å²) in [6.07, 6.45) is 4.33. The number of nitrogens with zero attached hydrogens (tertiary/aromatic N) is 1. The van der Waals surface area contributed by atoms with Gasteiger partial charge in [0.1, 0.15) is 11.4 Å². The quantitative estimate of drug-likeness (QED) is 0.889. The molecule has 5 nitrogen and oxygen atoms in total. The number of nitrogens with one attached hydrogen (secondary N) is 1. The number of carbonyl (C=O) groups is 2. The third kappa shape index (κ3) is 3.15. The molecule has 0 radical (unpaired) electrons. The van der Waals surface area contributed by atoms with Crippen LogP contribution in [0.1, 0.15) is 60.5 Å². The van der Waals surface area contributed by atoms with Crippen molar-refractivity contribution in [2.45, 2.75) is 45.6 Å². The Kier molecular flexibility index (Phi) is 4.06. The highest BCUT2D eigenvalue weighted by atomic mass is 16.4. The number of carbonyl (C=O) groups excluding carboxylic acids is 1. The van der Waals surface area contributed by atoms with Crippen molar-refractivity contribution in [1.82, 2.24) is 10.3 Å². The summed E-state index contributed by atoms with van der Waals surface area (Å²) >= 11 is 0. The van der Waals surface area contributed by atoms with Gasteiger partial charge in [-0.25, -0.2) is 9.78 Å². The molecule has 1 aliphatic carbocycles. The van der Waals surface area contributed by atoms with Crippen LogP contribution >= 0.6 is 0 Å². The van der Waals surface area contributed by atoms with Gasteiger partial charge in [-0.15, -0.1) is 0 Å². The Morgan fingerprint density at radius 3 is 2.65 bits per heavy atom. The third-order valence-electron chi connectivity index (χ3n) is 4.01. The molecular weight excluding hydrogens is 256 g/mol. The summed E-state index contributed by atoms with van der Waals surface area (Å²) < 4.78 is 0. The number of hydrogen-bond acceptors (Lipinski definition) is 3. The zero-order chi connectivity index (χ0) is 14.8. The average molecular weight is 276 g/mol. The van der Waals surface area contributed by atoms with Crippen LogP contribution in [0.4, 0.5) is 0 Å². The van der Waals surface area contributed by atoms with Gasteiger partial charge in [0.2, 0.25) is 0 Å². The minimum atomic E-state index is -1.13. The molecule has 108 valence electrons. The van der Waals surface area contributed by atoms with E-state index in [9.17, 15) is 9.59 Å². The molecule has 1 heterocycles. The van der Waals surface area contributed by atoms with Gasteiger partial charge in [-0.1, -0.05) is 32.8 Å². The Morgan fingerprint density at radius 1 is 1.30 bits per heavy atom. The fraction of sp³-hybridized carbons (Fsp3) is 0.533. The van der Waals surface area contributed by atoms with E-state index < -0.39 is 5.97 Å². The van der Waals surface area contributed by atoms with Crippen LogP contribution in [0.2, 0.25) is 0 Å². The van der Waals surface area contributed by atoms with Crippen LogP contribution in [0.3, 0.4) is 0 Å². The number of carboxylic acids is 1. The van der Waals surface area contributed by atoms with Crippen molar-refractivity contribution in [2.24, 2.45) is 5.41 Å². The molecule has 0 bridgehead atoms. The Hall–Kier alpha value is -1.91. The molecule has 0 saturated heterocycles. The van der Waals surface area contributed by atoms with Crippen molar-refractivity contribution in [3.63, 3.8) is 0 Å². The molecule has 1 saturated carbocycles. The van der Waals surface area contributed by atoms with E-state index in [1.165, 1.54) is 24.6 Å². The van der Waals surface area contributed by atoms with Crippen molar-refractivity contribution < 1.29 is 14.7 Å². The monoisotopic (exact) mass is 276 g/mol. The first-order valence-electron chi connectivity index (χ1n) is 6.91. The van der Waals surface area contributed by atoms with Crippen LogP contribution < -0.4 is 5.32 Å². The first-order valence-corrected chi connectivity index (χ1v) is 6.91. The highest BCUT2D eigenvalue weighted by Gasteiger charge is 2.33. The van der Waals surface area contributed by atoms with Crippen molar-refractivity contribution in [3.8, 4) is 0 Å². The van der Waals surface area contributed by atoms with E-state index in [-0.39, 0.29) is 28.8 Å². The number of hydrogen-bond donors (Lipinski definition) is 2. The summed E-state index contributed by atoms with van der Waals surface area (Å²) in [5.74, 6) is -1.43. The normalized spacial score (nSPS) is 21.2. The second kappa shape index (κ2) is 5.61. The van der Waals surface area contributed by atoms with Gasteiger partial charge in [0, 0.05) is 6.04 Å². The van der Waals surface area contributed by atoms with E-state index >= 15 is 0 Å². The predicted molar refractivity (Wildman–Crippen MR) is 74.7 cm³/mol. The third-order valence-corrected chi connectivity index (χ3v) is 4.01. The second-order valence-corrected chi connectivity index (χ2v) is 5.97. The van der Waals surface area contributed by atoms with Gasteiger partial charge in [0.25, 0.3) is 5.91 Å². The van der Waals surface area contributed by atoms with Gasteiger partial charge in [-0.05, 0) is 30.4 Å². The summed E-state index contributed by atoms with van der Waals surface area (Å²) in [6.45, 7) is 4.30. The van der Waals surface area contributed by atoms with E-state index in [1.807, 2.05) is 0 Å².